The van der Waals surface area contributed by atoms with Gasteiger partial charge < -0.3 is 9.84 Å². The van der Waals surface area contributed by atoms with Crippen LogP contribution in [0.2, 0.25) is 0 Å². The molecule has 0 bridgehead atoms. The molecular formula is C20H23NO4S. The molecule has 1 heterocycles. The molecule has 1 spiro atoms. The van der Waals surface area contributed by atoms with Crippen molar-refractivity contribution in [3.05, 3.63) is 59.2 Å². The van der Waals surface area contributed by atoms with Gasteiger partial charge in [0.05, 0.1) is 23.6 Å². The van der Waals surface area contributed by atoms with E-state index >= 15 is 0 Å². The van der Waals surface area contributed by atoms with Crippen molar-refractivity contribution in [3.8, 4) is 5.75 Å². The zero-order valence-electron chi connectivity index (χ0n) is 15.0. The number of nitrogens with zero attached hydrogens (tertiary/aromatic N) is 1. The molecule has 1 fully saturated rings. The predicted molar refractivity (Wildman–Crippen MR) is 98.7 cm³/mol. The van der Waals surface area contributed by atoms with E-state index in [0.29, 0.717) is 30.7 Å². The van der Waals surface area contributed by atoms with Crippen LogP contribution in [0.4, 0.5) is 0 Å². The molecule has 1 atom stereocenters. The highest BCUT2D eigenvalue weighted by Gasteiger charge is 2.59. The number of hydrogen-bond donors (Lipinski definition) is 1. The van der Waals surface area contributed by atoms with Crippen LogP contribution >= 0.6 is 0 Å². The van der Waals surface area contributed by atoms with E-state index in [-0.39, 0.29) is 0 Å². The lowest BCUT2D eigenvalue weighted by Gasteiger charge is -2.33. The van der Waals surface area contributed by atoms with Gasteiger partial charge in [0.25, 0.3) is 0 Å². The van der Waals surface area contributed by atoms with Crippen molar-refractivity contribution in [1.82, 2.24) is 4.31 Å². The number of fused-ring (bicyclic) bond motifs is 1. The molecule has 1 unspecified atom stereocenters. The molecule has 26 heavy (non-hydrogen) atoms. The summed E-state index contributed by atoms with van der Waals surface area (Å²) in [4.78, 5) is 0.321. The molecule has 0 aromatic heterocycles. The summed E-state index contributed by atoms with van der Waals surface area (Å²) >= 11 is 0. The smallest absolute Gasteiger partial charge is 0.243 e. The number of hydrogen-bond acceptors (Lipinski definition) is 4. The van der Waals surface area contributed by atoms with Gasteiger partial charge in [-0.15, -0.1) is 0 Å². The Morgan fingerprint density at radius 2 is 1.92 bits per heavy atom. The van der Waals surface area contributed by atoms with E-state index in [1.54, 1.807) is 36.5 Å². The minimum atomic E-state index is -3.69. The van der Waals surface area contributed by atoms with Gasteiger partial charge in [0.2, 0.25) is 10.0 Å². The second-order valence-corrected chi connectivity index (χ2v) is 8.99. The van der Waals surface area contributed by atoms with Gasteiger partial charge in [0, 0.05) is 6.54 Å². The first-order chi connectivity index (χ1) is 12.4. The highest BCUT2D eigenvalue weighted by Crippen LogP contribution is 2.55. The van der Waals surface area contributed by atoms with Gasteiger partial charge in [0.1, 0.15) is 5.75 Å². The molecule has 138 valence electrons. The van der Waals surface area contributed by atoms with Gasteiger partial charge >= 0.3 is 0 Å². The number of aliphatic hydroxyl groups is 1. The largest absolute Gasteiger partial charge is 0.497 e. The molecule has 1 saturated carbocycles. The van der Waals surface area contributed by atoms with Crippen molar-refractivity contribution in [2.45, 2.75) is 42.7 Å². The van der Waals surface area contributed by atoms with Crippen LogP contribution in [0.3, 0.4) is 0 Å². The summed E-state index contributed by atoms with van der Waals surface area (Å²) < 4.78 is 33.7. The Labute approximate surface area is 154 Å². The Morgan fingerprint density at radius 1 is 1.19 bits per heavy atom. The number of benzene rings is 2. The minimum absolute atomic E-state index is 0.321. The Bertz CT molecular complexity index is 950. The Morgan fingerprint density at radius 3 is 2.58 bits per heavy atom. The molecule has 6 heteroatoms. The number of methoxy groups -OCH3 is 1. The summed E-state index contributed by atoms with van der Waals surface area (Å²) in [6.45, 7) is 2.16. The third-order valence-electron chi connectivity index (χ3n) is 5.66. The van der Waals surface area contributed by atoms with E-state index in [2.05, 4.69) is 0 Å². The number of ether oxygens (including phenoxy) is 1. The van der Waals surface area contributed by atoms with E-state index in [1.165, 1.54) is 0 Å². The van der Waals surface area contributed by atoms with E-state index < -0.39 is 21.7 Å². The van der Waals surface area contributed by atoms with Gasteiger partial charge in [-0.05, 0) is 61.1 Å². The molecule has 0 saturated heterocycles. The second kappa shape index (κ2) is 6.08. The summed E-state index contributed by atoms with van der Waals surface area (Å²) in [5.74, 6) is 0.719. The topological polar surface area (TPSA) is 66.8 Å². The van der Waals surface area contributed by atoms with Crippen LogP contribution in [-0.4, -0.2) is 37.0 Å². The molecule has 5 nitrogen and oxygen atoms in total. The second-order valence-electron chi connectivity index (χ2n) is 7.16. The summed E-state index contributed by atoms with van der Waals surface area (Å²) in [5, 5.41) is 11.1. The molecule has 2 aliphatic rings. The number of aryl methyl sites for hydroxylation is 1. The van der Waals surface area contributed by atoms with Gasteiger partial charge in [-0.3, -0.25) is 0 Å². The molecule has 1 aliphatic carbocycles. The van der Waals surface area contributed by atoms with Crippen LogP contribution in [-0.2, 0) is 16.4 Å². The third-order valence-corrected chi connectivity index (χ3v) is 7.80. The first-order valence-electron chi connectivity index (χ1n) is 8.83. The summed E-state index contributed by atoms with van der Waals surface area (Å²) in [5.41, 5.74) is 1.75. The molecule has 2 aromatic carbocycles. The lowest BCUT2D eigenvalue weighted by Crippen LogP contribution is -2.45. The quantitative estimate of drug-likeness (QED) is 0.898. The fraction of sp³-hybridized carbons (Fsp3) is 0.400. The average molecular weight is 373 g/mol. The van der Waals surface area contributed by atoms with Crippen LogP contribution in [0.15, 0.2) is 47.4 Å². The Kier molecular flexibility index (Phi) is 4.10. The minimum Gasteiger partial charge on any atom is -0.497 e. The van der Waals surface area contributed by atoms with Crippen LogP contribution in [0.5, 0.6) is 5.75 Å². The summed E-state index contributed by atoms with van der Waals surface area (Å²) in [6.07, 6.45) is 1.07. The van der Waals surface area contributed by atoms with Crippen molar-refractivity contribution in [1.29, 1.82) is 0 Å². The number of sulfonamides is 1. The first-order valence-corrected chi connectivity index (χ1v) is 10.3. The fourth-order valence-corrected chi connectivity index (χ4v) is 6.09. The maximum absolute atomic E-state index is 13.4. The van der Waals surface area contributed by atoms with Crippen LogP contribution in [0, 0.1) is 6.92 Å². The summed E-state index contributed by atoms with van der Waals surface area (Å²) in [7, 11) is -2.08. The third kappa shape index (κ3) is 2.55. The van der Waals surface area contributed by atoms with E-state index in [0.717, 1.165) is 22.4 Å². The normalized spacial score (nSPS) is 21.9. The van der Waals surface area contributed by atoms with Gasteiger partial charge in [0.15, 0.2) is 0 Å². The lowest BCUT2D eigenvalue weighted by atomic mass is 9.96. The Balaban J connectivity index is 1.79. The monoisotopic (exact) mass is 373 g/mol. The predicted octanol–water partition coefficient (Wildman–Crippen LogP) is 2.82. The van der Waals surface area contributed by atoms with Crippen LogP contribution < -0.4 is 4.74 Å². The fourth-order valence-electron chi connectivity index (χ4n) is 4.04. The molecular weight excluding hydrogens is 350 g/mol. The molecule has 0 radical (unpaired) electrons. The molecule has 4 rings (SSSR count). The SMILES string of the molecule is COc1ccc2c(c1)CCN(S(=O)(=O)c1ccccc1C)C1(CC1)C2O. The van der Waals surface area contributed by atoms with Crippen molar-refractivity contribution in [2.75, 3.05) is 13.7 Å². The van der Waals surface area contributed by atoms with Crippen LogP contribution in [0.25, 0.3) is 0 Å². The van der Waals surface area contributed by atoms with Gasteiger partial charge in [-0.1, -0.05) is 24.3 Å². The number of rotatable bonds is 3. The standard InChI is InChI=1S/C20H23NO4S/c1-14-5-3-4-6-18(14)26(23,24)21-12-9-15-13-16(25-2)7-8-17(15)19(22)20(21)10-11-20/h3-8,13,19,22H,9-12H2,1-2H3. The molecule has 1 aliphatic heterocycles. The van der Waals surface area contributed by atoms with E-state index in [9.17, 15) is 13.5 Å². The molecule has 0 amide bonds. The van der Waals surface area contributed by atoms with E-state index in [1.807, 2.05) is 24.3 Å². The zero-order chi connectivity index (χ0) is 18.5. The van der Waals surface area contributed by atoms with Crippen molar-refractivity contribution >= 4 is 10.0 Å². The lowest BCUT2D eigenvalue weighted by molar-refractivity contribution is 0.0795. The number of aliphatic hydroxyl groups excluding tert-OH is 1. The maximum Gasteiger partial charge on any atom is 0.243 e. The maximum atomic E-state index is 13.4. The summed E-state index contributed by atoms with van der Waals surface area (Å²) in [6, 6.07) is 12.6. The highest BCUT2D eigenvalue weighted by atomic mass is 32.2. The van der Waals surface area contributed by atoms with Crippen LogP contribution in [0.1, 0.15) is 35.6 Å². The van der Waals surface area contributed by atoms with E-state index in [4.69, 9.17) is 4.74 Å². The molecule has 2 aromatic rings. The van der Waals surface area contributed by atoms with Gasteiger partial charge in [-0.25, -0.2) is 8.42 Å². The van der Waals surface area contributed by atoms with Crippen molar-refractivity contribution < 1.29 is 18.3 Å². The first kappa shape index (κ1) is 17.5. The Hall–Kier alpha value is -1.89. The average Bonchev–Trinajstić information content (AvgIpc) is 3.43. The highest BCUT2D eigenvalue weighted by molar-refractivity contribution is 7.89. The molecule has 1 N–H and O–H groups in total. The van der Waals surface area contributed by atoms with Gasteiger partial charge in [-0.2, -0.15) is 4.31 Å². The van der Waals surface area contributed by atoms with Crippen molar-refractivity contribution in [2.24, 2.45) is 0 Å². The van der Waals surface area contributed by atoms with Crippen molar-refractivity contribution in [3.63, 3.8) is 0 Å². The zero-order valence-corrected chi connectivity index (χ0v) is 15.8.